The molecule has 0 unspecified atom stereocenters. The highest BCUT2D eigenvalue weighted by Crippen LogP contribution is 2.23. The third-order valence-electron chi connectivity index (χ3n) is 2.26. The highest BCUT2D eigenvalue weighted by molar-refractivity contribution is 7.71. The van der Waals surface area contributed by atoms with E-state index in [0.29, 0.717) is 10.6 Å². The van der Waals surface area contributed by atoms with Crippen LogP contribution in [0.25, 0.3) is 11.4 Å². The van der Waals surface area contributed by atoms with Crippen molar-refractivity contribution >= 4 is 12.2 Å². The van der Waals surface area contributed by atoms with Crippen molar-refractivity contribution in [1.82, 2.24) is 9.97 Å². The minimum absolute atomic E-state index is 0.430. The number of aromatic nitrogens is 2. The van der Waals surface area contributed by atoms with Crippen LogP contribution in [0.2, 0.25) is 0 Å². The normalized spacial score (nSPS) is 11.1. The van der Waals surface area contributed by atoms with E-state index in [4.69, 9.17) is 12.2 Å². The molecular formula is C11H12N2S. The van der Waals surface area contributed by atoms with Crippen LogP contribution in [0.5, 0.6) is 0 Å². The van der Waals surface area contributed by atoms with Gasteiger partial charge in [-0.2, -0.15) is 0 Å². The maximum atomic E-state index is 5.22. The average molecular weight is 204 g/mol. The quantitative estimate of drug-likeness (QED) is 0.721. The Morgan fingerprint density at radius 1 is 1.43 bits per heavy atom. The molecule has 0 bridgehead atoms. The Hall–Kier alpha value is -1.22. The number of hydrogen-bond donors (Lipinski definition) is 1. The number of nitrogens with zero attached hydrogens (tertiary/aromatic N) is 1. The molecule has 2 heterocycles. The van der Waals surface area contributed by atoms with Crippen molar-refractivity contribution in [3.8, 4) is 11.4 Å². The molecule has 0 fully saturated rings. The van der Waals surface area contributed by atoms with E-state index in [1.54, 1.807) is 0 Å². The molecule has 2 aliphatic rings. The fraction of sp³-hybridized carbons (Fsp3) is 0.273. The second-order valence-electron chi connectivity index (χ2n) is 3.65. The van der Waals surface area contributed by atoms with E-state index in [0.717, 1.165) is 17.0 Å². The lowest BCUT2D eigenvalue weighted by Crippen LogP contribution is -1.97. The fourth-order valence-corrected chi connectivity index (χ4v) is 1.85. The molecule has 2 nitrogen and oxygen atoms in total. The van der Waals surface area contributed by atoms with Crippen molar-refractivity contribution in [2.45, 2.75) is 19.8 Å². The van der Waals surface area contributed by atoms with Crippen LogP contribution in [0.4, 0.5) is 0 Å². The maximum absolute atomic E-state index is 5.22. The summed E-state index contributed by atoms with van der Waals surface area (Å²) in [5, 5.41) is 0. The first-order valence-electron chi connectivity index (χ1n) is 4.67. The molecule has 14 heavy (non-hydrogen) atoms. The minimum atomic E-state index is 0.430. The Kier molecular flexibility index (Phi) is 2.33. The molecule has 3 heteroatoms. The van der Waals surface area contributed by atoms with Gasteiger partial charge in [-0.05, 0) is 29.7 Å². The lowest BCUT2D eigenvalue weighted by molar-refractivity contribution is 0.851. The van der Waals surface area contributed by atoms with E-state index in [1.165, 1.54) is 0 Å². The van der Waals surface area contributed by atoms with E-state index >= 15 is 0 Å². The zero-order valence-electron chi connectivity index (χ0n) is 8.24. The Morgan fingerprint density at radius 3 is 2.93 bits per heavy atom. The molecule has 0 spiro atoms. The van der Waals surface area contributed by atoms with Crippen molar-refractivity contribution in [2.75, 3.05) is 0 Å². The summed E-state index contributed by atoms with van der Waals surface area (Å²) in [5.41, 5.74) is 2.26. The molecule has 0 saturated carbocycles. The van der Waals surface area contributed by atoms with Gasteiger partial charge >= 0.3 is 0 Å². The van der Waals surface area contributed by atoms with Gasteiger partial charge in [0.1, 0.15) is 10.5 Å². The van der Waals surface area contributed by atoms with Crippen LogP contribution in [0.1, 0.15) is 25.3 Å². The number of rotatable bonds is 1. The summed E-state index contributed by atoms with van der Waals surface area (Å²) in [6.07, 6.45) is 1.86. The molecule has 0 aromatic carbocycles. The van der Waals surface area contributed by atoms with Gasteiger partial charge in [-0.3, -0.25) is 0 Å². The highest BCUT2D eigenvalue weighted by Gasteiger charge is 2.08. The van der Waals surface area contributed by atoms with Crippen LogP contribution in [-0.4, -0.2) is 9.97 Å². The predicted octanol–water partition coefficient (Wildman–Crippen LogP) is 3.37. The maximum Gasteiger partial charge on any atom is 0.138 e. The summed E-state index contributed by atoms with van der Waals surface area (Å²) in [4.78, 5) is 7.44. The Bertz CT molecular complexity index is 473. The zero-order chi connectivity index (χ0) is 10.1. The molecule has 0 amide bonds. The first-order valence-corrected chi connectivity index (χ1v) is 5.07. The average Bonchev–Trinajstić information content (AvgIpc) is 2.16. The predicted molar refractivity (Wildman–Crippen MR) is 60.1 cm³/mol. The summed E-state index contributed by atoms with van der Waals surface area (Å²) >= 11 is 5.22. The van der Waals surface area contributed by atoms with Gasteiger partial charge in [-0.15, -0.1) is 0 Å². The van der Waals surface area contributed by atoms with E-state index in [-0.39, 0.29) is 0 Å². The summed E-state index contributed by atoms with van der Waals surface area (Å²) in [6, 6.07) is 6.13. The van der Waals surface area contributed by atoms with Gasteiger partial charge in [0.25, 0.3) is 0 Å². The lowest BCUT2D eigenvalue weighted by atomic mass is 10.0. The first kappa shape index (κ1) is 9.34. The third-order valence-corrected chi connectivity index (χ3v) is 2.59. The number of aromatic amines is 1. The SMILES string of the molecule is CC(C)c1cc2ccc[nH]c-2nc1=S. The molecular weight excluding hydrogens is 192 g/mol. The Labute approximate surface area is 88.4 Å². The molecule has 2 aliphatic heterocycles. The largest absolute Gasteiger partial charge is 0.346 e. The minimum Gasteiger partial charge on any atom is -0.346 e. The van der Waals surface area contributed by atoms with Crippen molar-refractivity contribution in [3.63, 3.8) is 0 Å². The van der Waals surface area contributed by atoms with Crippen molar-refractivity contribution in [3.05, 3.63) is 34.6 Å². The Morgan fingerprint density at radius 2 is 2.21 bits per heavy atom. The molecule has 2 rings (SSSR count). The molecule has 0 radical (unpaired) electrons. The van der Waals surface area contributed by atoms with Crippen LogP contribution in [-0.2, 0) is 0 Å². The van der Waals surface area contributed by atoms with Crippen molar-refractivity contribution < 1.29 is 0 Å². The fourth-order valence-electron chi connectivity index (χ4n) is 1.46. The number of nitrogens with one attached hydrogen (secondary N) is 1. The molecule has 1 N–H and O–H groups in total. The van der Waals surface area contributed by atoms with Gasteiger partial charge < -0.3 is 4.98 Å². The second-order valence-corrected chi connectivity index (χ2v) is 4.03. The summed E-state index contributed by atoms with van der Waals surface area (Å²) in [5.74, 6) is 1.29. The van der Waals surface area contributed by atoms with Gasteiger partial charge in [-0.25, -0.2) is 4.98 Å². The number of H-pyrrole nitrogens is 1. The molecule has 0 atom stereocenters. The van der Waals surface area contributed by atoms with Crippen LogP contribution in [0, 0.1) is 4.64 Å². The van der Waals surface area contributed by atoms with Crippen molar-refractivity contribution in [2.24, 2.45) is 0 Å². The second kappa shape index (κ2) is 3.50. The standard InChI is InChI=1S/C11H12N2S/c1-7(2)9-6-8-4-3-5-12-10(8)13-11(9)14/h3-7H,1-2H3,(H,12,13,14). The topological polar surface area (TPSA) is 28.7 Å². The number of fused-ring (bicyclic) bond motifs is 1. The van der Waals surface area contributed by atoms with Crippen LogP contribution >= 0.6 is 12.2 Å². The van der Waals surface area contributed by atoms with Gasteiger partial charge in [-0.1, -0.05) is 26.1 Å². The van der Waals surface area contributed by atoms with Gasteiger partial charge in [0.05, 0.1) is 0 Å². The van der Waals surface area contributed by atoms with Gasteiger partial charge in [0.2, 0.25) is 0 Å². The van der Waals surface area contributed by atoms with Crippen LogP contribution < -0.4 is 0 Å². The Balaban J connectivity index is 2.73. The number of hydrogen-bond acceptors (Lipinski definition) is 2. The summed E-state index contributed by atoms with van der Waals surface area (Å²) in [7, 11) is 0. The van der Waals surface area contributed by atoms with E-state index in [1.807, 2.05) is 18.3 Å². The zero-order valence-corrected chi connectivity index (χ0v) is 9.06. The highest BCUT2D eigenvalue weighted by atomic mass is 32.1. The molecule has 0 aromatic heterocycles. The van der Waals surface area contributed by atoms with E-state index < -0.39 is 0 Å². The molecule has 0 aliphatic carbocycles. The van der Waals surface area contributed by atoms with Crippen LogP contribution in [0.3, 0.4) is 0 Å². The third kappa shape index (κ3) is 1.55. The monoisotopic (exact) mass is 204 g/mol. The smallest absolute Gasteiger partial charge is 0.138 e. The van der Waals surface area contributed by atoms with Crippen molar-refractivity contribution in [1.29, 1.82) is 0 Å². The molecule has 72 valence electrons. The van der Waals surface area contributed by atoms with Gasteiger partial charge in [0, 0.05) is 11.8 Å². The number of pyridine rings is 2. The first-order chi connectivity index (χ1) is 6.68. The van der Waals surface area contributed by atoms with E-state index in [9.17, 15) is 0 Å². The molecule has 0 saturated heterocycles. The summed E-state index contributed by atoms with van der Waals surface area (Å²) in [6.45, 7) is 4.26. The lowest BCUT2D eigenvalue weighted by Gasteiger charge is -2.09. The van der Waals surface area contributed by atoms with Gasteiger partial charge in [0.15, 0.2) is 0 Å². The summed E-state index contributed by atoms with van der Waals surface area (Å²) < 4.78 is 0.704. The van der Waals surface area contributed by atoms with E-state index in [2.05, 4.69) is 29.9 Å². The molecule has 0 aromatic rings. The van der Waals surface area contributed by atoms with Crippen LogP contribution in [0.15, 0.2) is 24.4 Å².